The van der Waals surface area contributed by atoms with E-state index in [-0.39, 0.29) is 6.61 Å². The molecule has 4 nitrogen and oxygen atoms in total. The summed E-state index contributed by atoms with van der Waals surface area (Å²) in [6.45, 7) is 1.11. The Morgan fingerprint density at radius 1 is 1.17 bits per heavy atom. The molecule has 0 saturated carbocycles. The van der Waals surface area contributed by atoms with Crippen molar-refractivity contribution in [2.24, 2.45) is 0 Å². The summed E-state index contributed by atoms with van der Waals surface area (Å²) in [7, 11) is 3.49. The molecule has 0 aromatic rings. The van der Waals surface area contributed by atoms with Gasteiger partial charge in [-0.2, -0.15) is 0 Å². The lowest BCUT2D eigenvalue weighted by Gasteiger charge is -2.21. The molecule has 0 radical (unpaired) electrons. The SMILES string of the molecule is CS(C)(=O)=O.C[N+](C)(C)CCO. The second-order valence-electron chi connectivity index (χ2n) is 3.88. The van der Waals surface area contributed by atoms with E-state index in [1.807, 2.05) is 0 Å². The first-order valence-corrected chi connectivity index (χ1v) is 5.92. The second kappa shape index (κ2) is 5.50. The number of aliphatic hydroxyl groups is 1. The van der Waals surface area contributed by atoms with Crippen LogP contribution in [-0.2, 0) is 9.84 Å². The first-order valence-electron chi connectivity index (χ1n) is 3.62. The number of sulfone groups is 1. The van der Waals surface area contributed by atoms with Crippen molar-refractivity contribution >= 4 is 9.84 Å². The largest absolute Gasteiger partial charge is 0.391 e. The molecule has 1 N–H and O–H groups in total. The van der Waals surface area contributed by atoms with Crippen LogP contribution in [0.25, 0.3) is 0 Å². The summed E-state index contributed by atoms with van der Waals surface area (Å²) in [6, 6.07) is 0. The fraction of sp³-hybridized carbons (Fsp3) is 1.00. The summed E-state index contributed by atoms with van der Waals surface area (Å²) in [5, 5.41) is 8.39. The van der Waals surface area contributed by atoms with Crippen molar-refractivity contribution in [2.75, 3.05) is 46.8 Å². The first kappa shape index (κ1) is 14.4. The summed E-state index contributed by atoms with van der Waals surface area (Å²) < 4.78 is 20.1. The first-order chi connectivity index (χ1) is 5.06. The lowest BCUT2D eigenvalue weighted by atomic mass is 10.5. The number of nitrogens with zero attached hydrogens (tertiary/aromatic N) is 1. The van der Waals surface area contributed by atoms with Gasteiger partial charge in [0.25, 0.3) is 0 Å². The zero-order valence-corrected chi connectivity index (χ0v) is 9.35. The van der Waals surface area contributed by atoms with Crippen molar-refractivity contribution in [3.05, 3.63) is 0 Å². The molecule has 0 heterocycles. The fourth-order valence-corrected chi connectivity index (χ4v) is 0.300. The number of aliphatic hydroxyl groups excluding tert-OH is 1. The van der Waals surface area contributed by atoms with Crippen molar-refractivity contribution in [3.8, 4) is 0 Å². The molecule has 0 rings (SSSR count). The van der Waals surface area contributed by atoms with Gasteiger partial charge in [-0.3, -0.25) is 0 Å². The highest BCUT2D eigenvalue weighted by atomic mass is 32.2. The molecule has 5 heteroatoms. The van der Waals surface area contributed by atoms with Crippen molar-refractivity contribution in [1.82, 2.24) is 0 Å². The minimum atomic E-state index is -2.67. The molecule has 0 amide bonds. The molecule has 0 spiro atoms. The van der Waals surface area contributed by atoms with Gasteiger partial charge in [-0.05, 0) is 0 Å². The average molecular weight is 198 g/mol. The van der Waals surface area contributed by atoms with E-state index in [1.54, 1.807) is 0 Å². The minimum Gasteiger partial charge on any atom is -0.391 e. The van der Waals surface area contributed by atoms with E-state index in [0.717, 1.165) is 23.5 Å². The number of hydrogen-bond donors (Lipinski definition) is 1. The molecule has 0 aromatic heterocycles. The van der Waals surface area contributed by atoms with Gasteiger partial charge in [-0.1, -0.05) is 0 Å². The molecule has 0 aliphatic heterocycles. The second-order valence-corrected chi connectivity index (χ2v) is 6.17. The maximum Gasteiger partial charge on any atom is 0.144 e. The third-order valence-electron chi connectivity index (χ3n) is 0.771. The highest BCUT2D eigenvalue weighted by molar-refractivity contribution is 7.89. The number of likely N-dealkylation sites (N-methyl/N-ethyl adjacent to an activating group) is 1. The maximum atomic E-state index is 9.63. The van der Waals surface area contributed by atoms with Gasteiger partial charge >= 0.3 is 0 Å². The summed E-state index contributed by atoms with van der Waals surface area (Å²) >= 11 is 0. The van der Waals surface area contributed by atoms with Gasteiger partial charge in [0.1, 0.15) is 16.4 Å². The number of hydrogen-bond acceptors (Lipinski definition) is 3. The Labute approximate surface area is 75.3 Å². The Balaban J connectivity index is 0. The van der Waals surface area contributed by atoms with Gasteiger partial charge in [0, 0.05) is 12.5 Å². The molecular formula is C7H20NO3S+. The van der Waals surface area contributed by atoms with Crippen LogP contribution in [0.3, 0.4) is 0 Å². The normalized spacial score (nSPS) is 11.8. The molecule has 76 valence electrons. The van der Waals surface area contributed by atoms with E-state index >= 15 is 0 Å². The molecule has 0 unspecified atom stereocenters. The van der Waals surface area contributed by atoms with Crippen LogP contribution in [0.1, 0.15) is 0 Å². The van der Waals surface area contributed by atoms with Crippen LogP contribution in [0.15, 0.2) is 0 Å². The Morgan fingerprint density at radius 2 is 1.42 bits per heavy atom. The van der Waals surface area contributed by atoms with Gasteiger partial charge in [0.15, 0.2) is 0 Å². The highest BCUT2D eigenvalue weighted by Gasteiger charge is 2.02. The highest BCUT2D eigenvalue weighted by Crippen LogP contribution is 1.84. The Morgan fingerprint density at radius 3 is 1.42 bits per heavy atom. The third-order valence-corrected chi connectivity index (χ3v) is 0.771. The smallest absolute Gasteiger partial charge is 0.144 e. The van der Waals surface area contributed by atoms with Crippen molar-refractivity contribution in [1.29, 1.82) is 0 Å². The minimum absolute atomic E-state index is 0.281. The Kier molecular flexibility index (Phi) is 6.60. The van der Waals surface area contributed by atoms with E-state index in [1.165, 1.54) is 0 Å². The zero-order valence-electron chi connectivity index (χ0n) is 8.53. The average Bonchev–Trinajstić information content (AvgIpc) is 1.54. The Hall–Kier alpha value is -0.130. The summed E-state index contributed by atoms with van der Waals surface area (Å²) in [5.41, 5.74) is 0. The quantitative estimate of drug-likeness (QED) is 0.600. The van der Waals surface area contributed by atoms with Gasteiger partial charge in [0.05, 0.1) is 27.7 Å². The van der Waals surface area contributed by atoms with Gasteiger partial charge < -0.3 is 9.59 Å². The van der Waals surface area contributed by atoms with Crippen LogP contribution in [0.4, 0.5) is 0 Å². The molecule has 0 aliphatic carbocycles. The molecule has 0 saturated heterocycles. The molecule has 12 heavy (non-hydrogen) atoms. The summed E-state index contributed by atoms with van der Waals surface area (Å²) in [4.78, 5) is 0. The lowest BCUT2D eigenvalue weighted by molar-refractivity contribution is -0.870. The monoisotopic (exact) mass is 198 g/mol. The van der Waals surface area contributed by atoms with E-state index in [9.17, 15) is 8.42 Å². The van der Waals surface area contributed by atoms with Crippen LogP contribution in [0.5, 0.6) is 0 Å². The van der Waals surface area contributed by atoms with E-state index in [4.69, 9.17) is 5.11 Å². The number of rotatable bonds is 2. The fourth-order valence-electron chi connectivity index (χ4n) is 0.300. The van der Waals surface area contributed by atoms with Crippen molar-refractivity contribution in [2.45, 2.75) is 0 Å². The molecule has 0 bridgehead atoms. The van der Waals surface area contributed by atoms with Gasteiger partial charge in [-0.25, -0.2) is 8.42 Å². The summed E-state index contributed by atoms with van der Waals surface area (Å²) in [6.07, 6.45) is 2.32. The lowest BCUT2D eigenvalue weighted by Crippen LogP contribution is -2.36. The topological polar surface area (TPSA) is 54.4 Å². The third kappa shape index (κ3) is 51.8. The van der Waals surface area contributed by atoms with E-state index in [0.29, 0.717) is 0 Å². The molecular weight excluding hydrogens is 178 g/mol. The van der Waals surface area contributed by atoms with Crippen molar-refractivity contribution < 1.29 is 18.0 Å². The zero-order chi connectivity index (χ0) is 10.4. The van der Waals surface area contributed by atoms with Crippen LogP contribution in [-0.4, -0.2) is 64.8 Å². The van der Waals surface area contributed by atoms with Crippen molar-refractivity contribution in [3.63, 3.8) is 0 Å². The molecule has 0 atom stereocenters. The Bertz CT molecular complexity index is 183. The molecule has 0 fully saturated rings. The summed E-state index contributed by atoms with van der Waals surface area (Å²) in [5.74, 6) is 0. The van der Waals surface area contributed by atoms with Crippen LogP contribution in [0.2, 0.25) is 0 Å². The van der Waals surface area contributed by atoms with Crippen LogP contribution < -0.4 is 0 Å². The molecule has 0 aliphatic rings. The predicted molar refractivity (Wildman–Crippen MR) is 50.8 cm³/mol. The van der Waals surface area contributed by atoms with Crippen LogP contribution >= 0.6 is 0 Å². The predicted octanol–water partition coefficient (Wildman–Crippen LogP) is -0.654. The standard InChI is InChI=1S/C5H14NO.C2H6O2S/c1-6(2,3)4-5-7;1-5(2,3)4/h7H,4-5H2,1-3H3;1-2H3/q+1;. The maximum absolute atomic E-state index is 9.63. The van der Waals surface area contributed by atoms with Crippen LogP contribution in [0, 0.1) is 0 Å². The van der Waals surface area contributed by atoms with Gasteiger partial charge in [0.2, 0.25) is 0 Å². The van der Waals surface area contributed by atoms with Gasteiger partial charge in [-0.15, -0.1) is 0 Å². The van der Waals surface area contributed by atoms with E-state index in [2.05, 4.69) is 21.1 Å². The van der Waals surface area contributed by atoms with E-state index < -0.39 is 9.84 Å². The molecule has 0 aromatic carbocycles. The number of quaternary nitrogens is 1.